The summed E-state index contributed by atoms with van der Waals surface area (Å²) in [5.41, 5.74) is -4.11. The van der Waals surface area contributed by atoms with Gasteiger partial charge in [0.25, 0.3) is 5.88 Å². The van der Waals surface area contributed by atoms with E-state index in [1.165, 1.54) is 29.2 Å². The molecular formula is C19H14F4N2O3S. The summed E-state index contributed by atoms with van der Waals surface area (Å²) >= 11 is 0. The third kappa shape index (κ3) is 3.59. The number of halogens is 4. The first kappa shape index (κ1) is 19.4. The highest BCUT2D eigenvalue weighted by Gasteiger charge is 2.49. The van der Waals surface area contributed by atoms with Gasteiger partial charge in [-0.25, -0.2) is 9.37 Å². The molecule has 5 nitrogen and oxygen atoms in total. The normalized spacial score (nSPS) is 14.7. The van der Waals surface area contributed by atoms with Gasteiger partial charge in [0.05, 0.1) is 5.52 Å². The predicted molar refractivity (Wildman–Crippen MR) is 99.1 cm³/mol. The number of rotatable bonds is 3. The number of anilines is 2. The van der Waals surface area contributed by atoms with Crippen LogP contribution in [-0.2, 0) is 16.5 Å². The fourth-order valence-electron chi connectivity index (χ4n) is 3.29. The van der Waals surface area contributed by atoms with Crippen molar-refractivity contribution < 1.29 is 30.2 Å². The Morgan fingerprint density at radius 2 is 1.79 bits per heavy atom. The van der Waals surface area contributed by atoms with E-state index in [0.29, 0.717) is 30.5 Å². The van der Waals surface area contributed by atoms with Gasteiger partial charge in [-0.2, -0.15) is 21.6 Å². The van der Waals surface area contributed by atoms with E-state index in [2.05, 4.69) is 9.17 Å². The molecule has 2 heterocycles. The molecule has 3 aromatic rings. The summed E-state index contributed by atoms with van der Waals surface area (Å²) in [7, 11) is -5.93. The number of aromatic nitrogens is 1. The van der Waals surface area contributed by atoms with Crippen LogP contribution in [0.4, 0.5) is 28.9 Å². The van der Waals surface area contributed by atoms with E-state index < -0.39 is 27.3 Å². The molecule has 29 heavy (non-hydrogen) atoms. The lowest BCUT2D eigenvalue weighted by Gasteiger charge is -2.32. The van der Waals surface area contributed by atoms with Crippen molar-refractivity contribution in [2.24, 2.45) is 0 Å². The van der Waals surface area contributed by atoms with Crippen LogP contribution in [0.5, 0.6) is 5.88 Å². The first-order valence-electron chi connectivity index (χ1n) is 8.62. The molecule has 0 amide bonds. The molecular weight excluding hydrogens is 412 g/mol. The fraction of sp³-hybridized carbons (Fsp3) is 0.211. The number of hydrogen-bond acceptors (Lipinski definition) is 5. The Bertz CT molecular complexity index is 1200. The lowest BCUT2D eigenvalue weighted by Crippen LogP contribution is -2.30. The zero-order valence-corrected chi connectivity index (χ0v) is 15.6. The van der Waals surface area contributed by atoms with E-state index in [1.807, 2.05) is 0 Å². The third-order valence-corrected chi connectivity index (χ3v) is 5.54. The highest BCUT2D eigenvalue weighted by Crippen LogP contribution is 2.41. The van der Waals surface area contributed by atoms with E-state index in [1.54, 1.807) is 24.3 Å². The van der Waals surface area contributed by atoms with E-state index in [-0.39, 0.29) is 11.2 Å². The average Bonchev–Trinajstić information content (AvgIpc) is 2.66. The molecule has 152 valence electrons. The fourth-order valence-corrected chi connectivity index (χ4v) is 3.72. The molecule has 0 spiro atoms. The predicted octanol–water partition coefficient (Wildman–Crippen LogP) is 4.69. The highest BCUT2D eigenvalue weighted by atomic mass is 32.2. The second-order valence-electron chi connectivity index (χ2n) is 6.52. The number of alkyl halides is 3. The van der Waals surface area contributed by atoms with Crippen LogP contribution >= 0.6 is 0 Å². The SMILES string of the molecule is O=S(=O)(Oc1nc2ccccc2cc1N1CCCc2ccc(F)cc21)C(F)(F)F. The summed E-state index contributed by atoms with van der Waals surface area (Å²) in [4.78, 5) is 5.54. The summed E-state index contributed by atoms with van der Waals surface area (Å²) in [6, 6.07) is 12.2. The molecule has 4 rings (SSSR count). The quantitative estimate of drug-likeness (QED) is 0.346. The van der Waals surface area contributed by atoms with Gasteiger partial charge in [0.1, 0.15) is 11.5 Å². The van der Waals surface area contributed by atoms with Gasteiger partial charge < -0.3 is 9.08 Å². The van der Waals surface area contributed by atoms with Crippen molar-refractivity contribution in [3.63, 3.8) is 0 Å². The highest BCUT2D eigenvalue weighted by molar-refractivity contribution is 7.88. The summed E-state index contributed by atoms with van der Waals surface area (Å²) in [6.07, 6.45) is 1.29. The van der Waals surface area contributed by atoms with Crippen LogP contribution in [0.15, 0.2) is 48.5 Å². The Hall–Kier alpha value is -2.88. The minimum Gasteiger partial charge on any atom is -0.353 e. The molecule has 1 aliphatic rings. The molecule has 1 aliphatic heterocycles. The minimum atomic E-state index is -5.93. The van der Waals surface area contributed by atoms with Crippen LogP contribution in [0.2, 0.25) is 0 Å². The number of benzene rings is 2. The maximum atomic E-state index is 13.8. The minimum absolute atomic E-state index is 0.0167. The van der Waals surface area contributed by atoms with E-state index in [9.17, 15) is 26.0 Å². The van der Waals surface area contributed by atoms with Gasteiger partial charge in [-0.3, -0.25) is 0 Å². The standard InChI is InChI=1S/C19H14F4N2O3S/c20-14-8-7-12-5-3-9-25(16(12)11-14)17-10-13-4-1-2-6-15(13)24-18(17)28-29(26,27)19(21,22)23/h1-2,4,6-8,10-11H,3,5,9H2. The van der Waals surface area contributed by atoms with E-state index in [4.69, 9.17) is 0 Å². The van der Waals surface area contributed by atoms with Gasteiger partial charge in [0, 0.05) is 17.6 Å². The maximum absolute atomic E-state index is 13.8. The zero-order chi connectivity index (χ0) is 20.8. The summed E-state index contributed by atoms with van der Waals surface area (Å²) in [6.45, 7) is 0.332. The molecule has 1 aromatic heterocycles. The summed E-state index contributed by atoms with van der Waals surface area (Å²) in [5.74, 6) is -1.23. The average molecular weight is 426 g/mol. The molecule has 0 saturated heterocycles. The van der Waals surface area contributed by atoms with Crippen LogP contribution in [0.1, 0.15) is 12.0 Å². The lowest BCUT2D eigenvalue weighted by atomic mass is 10.0. The monoisotopic (exact) mass is 426 g/mol. The first-order chi connectivity index (χ1) is 13.7. The van der Waals surface area contributed by atoms with Crippen molar-refractivity contribution in [2.75, 3.05) is 11.4 Å². The Morgan fingerprint density at radius 1 is 1.03 bits per heavy atom. The van der Waals surface area contributed by atoms with Crippen LogP contribution in [0.25, 0.3) is 10.9 Å². The molecule has 10 heteroatoms. The Morgan fingerprint density at radius 3 is 2.55 bits per heavy atom. The molecule has 0 aliphatic carbocycles. The molecule has 0 N–H and O–H groups in total. The topological polar surface area (TPSA) is 59.5 Å². The van der Waals surface area contributed by atoms with Crippen molar-refractivity contribution >= 4 is 32.4 Å². The number of hydrogen-bond donors (Lipinski definition) is 0. The van der Waals surface area contributed by atoms with E-state index in [0.717, 1.165) is 5.56 Å². The molecule has 0 bridgehead atoms. The van der Waals surface area contributed by atoms with Crippen molar-refractivity contribution in [3.05, 3.63) is 59.9 Å². The van der Waals surface area contributed by atoms with Crippen LogP contribution < -0.4 is 9.08 Å². The Kier molecular flexibility index (Phi) is 4.60. The van der Waals surface area contributed by atoms with Crippen LogP contribution in [-0.4, -0.2) is 25.5 Å². The van der Waals surface area contributed by atoms with Gasteiger partial charge in [0.15, 0.2) is 0 Å². The van der Waals surface area contributed by atoms with Crippen LogP contribution in [0.3, 0.4) is 0 Å². The number of nitrogens with zero attached hydrogens (tertiary/aromatic N) is 2. The molecule has 0 fully saturated rings. The number of aryl methyl sites for hydroxylation is 1. The third-order valence-electron chi connectivity index (χ3n) is 4.60. The van der Waals surface area contributed by atoms with Crippen molar-refractivity contribution in [2.45, 2.75) is 18.3 Å². The largest absolute Gasteiger partial charge is 0.534 e. The van der Waals surface area contributed by atoms with Crippen molar-refractivity contribution in [1.29, 1.82) is 0 Å². The second-order valence-corrected chi connectivity index (χ2v) is 8.05. The van der Waals surface area contributed by atoms with Gasteiger partial charge >= 0.3 is 15.6 Å². The zero-order valence-electron chi connectivity index (χ0n) is 14.8. The van der Waals surface area contributed by atoms with Gasteiger partial charge in [0.2, 0.25) is 0 Å². The molecule has 0 saturated carbocycles. The molecule has 0 unspecified atom stereocenters. The van der Waals surface area contributed by atoms with Gasteiger partial charge in [-0.15, -0.1) is 0 Å². The smallest absolute Gasteiger partial charge is 0.353 e. The van der Waals surface area contributed by atoms with Crippen LogP contribution in [0, 0.1) is 5.82 Å². The second kappa shape index (κ2) is 6.87. The first-order valence-corrected chi connectivity index (χ1v) is 10.0. The number of pyridine rings is 1. The maximum Gasteiger partial charge on any atom is 0.534 e. The Labute approximate surface area is 163 Å². The molecule has 2 aromatic carbocycles. The molecule has 0 atom stereocenters. The number of fused-ring (bicyclic) bond motifs is 2. The van der Waals surface area contributed by atoms with E-state index >= 15 is 0 Å². The van der Waals surface area contributed by atoms with Crippen molar-refractivity contribution in [3.8, 4) is 5.88 Å². The van der Waals surface area contributed by atoms with Gasteiger partial charge in [-0.05, 0) is 42.7 Å². The summed E-state index contributed by atoms with van der Waals surface area (Å²) < 4.78 is 80.2. The van der Waals surface area contributed by atoms with Gasteiger partial charge in [-0.1, -0.05) is 24.3 Å². The summed E-state index contributed by atoms with van der Waals surface area (Å²) in [5, 5.41) is 0.572. The number of para-hydroxylation sites is 1. The Balaban J connectivity index is 1.91. The molecule has 0 radical (unpaired) electrons. The van der Waals surface area contributed by atoms with Crippen molar-refractivity contribution in [1.82, 2.24) is 4.98 Å². The lowest BCUT2D eigenvalue weighted by molar-refractivity contribution is -0.0501.